The molecule has 1 aromatic heterocycles. The van der Waals surface area contributed by atoms with E-state index in [0.717, 1.165) is 45.0 Å². The fourth-order valence-corrected chi connectivity index (χ4v) is 2.84. The van der Waals surface area contributed by atoms with Crippen LogP contribution in [0.4, 0.5) is 0 Å². The molecule has 0 bridgehead atoms. The summed E-state index contributed by atoms with van der Waals surface area (Å²) >= 11 is 0. The van der Waals surface area contributed by atoms with E-state index in [0.29, 0.717) is 0 Å². The van der Waals surface area contributed by atoms with Crippen LogP contribution in [-0.4, -0.2) is 56.0 Å². The maximum absolute atomic E-state index is 10.5. The number of aromatic nitrogens is 3. The zero-order chi connectivity index (χ0) is 11.9. The molecule has 0 spiro atoms. The Morgan fingerprint density at radius 3 is 3.24 bits per heavy atom. The van der Waals surface area contributed by atoms with Crippen molar-refractivity contribution in [1.82, 2.24) is 25.0 Å². The maximum Gasteiger partial charge on any atom is 0.147 e. The molecule has 3 rings (SSSR count). The van der Waals surface area contributed by atoms with Crippen LogP contribution in [0, 0.1) is 0 Å². The molecule has 2 N–H and O–H groups in total. The van der Waals surface area contributed by atoms with Gasteiger partial charge in [0.05, 0.1) is 18.2 Å². The molecule has 2 atom stereocenters. The third-order valence-corrected chi connectivity index (χ3v) is 3.97. The summed E-state index contributed by atoms with van der Waals surface area (Å²) in [5.41, 5.74) is -0.604. The molecule has 6 nitrogen and oxygen atoms in total. The molecule has 1 aromatic rings. The molecule has 17 heavy (non-hydrogen) atoms. The van der Waals surface area contributed by atoms with Crippen molar-refractivity contribution in [2.45, 2.75) is 38.1 Å². The van der Waals surface area contributed by atoms with Crippen molar-refractivity contribution in [1.29, 1.82) is 0 Å². The van der Waals surface area contributed by atoms with E-state index < -0.39 is 5.60 Å². The second-order valence-electron chi connectivity index (χ2n) is 5.24. The molecule has 0 saturated carbocycles. The van der Waals surface area contributed by atoms with Gasteiger partial charge >= 0.3 is 0 Å². The second kappa shape index (κ2) is 4.04. The third-order valence-electron chi connectivity index (χ3n) is 3.97. The summed E-state index contributed by atoms with van der Waals surface area (Å²) in [6, 6.07) is 0.168. The number of aliphatic hydroxyl groups is 1. The molecule has 2 unspecified atom stereocenters. The first-order valence-corrected chi connectivity index (χ1v) is 6.21. The van der Waals surface area contributed by atoms with E-state index in [2.05, 4.69) is 25.0 Å². The zero-order valence-corrected chi connectivity index (χ0v) is 10.1. The van der Waals surface area contributed by atoms with Crippen molar-refractivity contribution in [2.24, 2.45) is 0 Å². The quantitative estimate of drug-likeness (QED) is 0.670. The van der Waals surface area contributed by atoms with Gasteiger partial charge in [0, 0.05) is 19.6 Å². The average molecular weight is 237 g/mol. The van der Waals surface area contributed by atoms with Gasteiger partial charge < -0.3 is 15.0 Å². The Kier molecular flexibility index (Phi) is 2.65. The van der Waals surface area contributed by atoms with Gasteiger partial charge in [-0.05, 0) is 19.9 Å². The number of nitrogens with zero attached hydrogens (tertiary/aromatic N) is 4. The Hall–Kier alpha value is -0.980. The lowest BCUT2D eigenvalue weighted by Crippen LogP contribution is -2.61. The molecule has 0 radical (unpaired) electrons. The summed E-state index contributed by atoms with van der Waals surface area (Å²) in [4.78, 5) is 2.32. The van der Waals surface area contributed by atoms with E-state index in [1.807, 2.05) is 6.92 Å². The SMILES string of the molecule is CC1(O)CCNCC1N1CCn2cnnc2C1. The molecule has 0 amide bonds. The fraction of sp³-hybridized carbons (Fsp3) is 0.818. The second-order valence-corrected chi connectivity index (χ2v) is 5.24. The highest BCUT2D eigenvalue weighted by Crippen LogP contribution is 2.25. The molecule has 0 aromatic carbocycles. The van der Waals surface area contributed by atoms with Crippen LogP contribution in [0.25, 0.3) is 0 Å². The van der Waals surface area contributed by atoms with Gasteiger partial charge in [-0.3, -0.25) is 4.90 Å². The van der Waals surface area contributed by atoms with Gasteiger partial charge in [0.2, 0.25) is 0 Å². The summed E-state index contributed by atoms with van der Waals surface area (Å²) in [6.07, 6.45) is 2.59. The average Bonchev–Trinajstić information content (AvgIpc) is 2.75. The predicted octanol–water partition coefficient (Wildman–Crippen LogP) is -0.793. The number of nitrogens with one attached hydrogen (secondary N) is 1. The van der Waals surface area contributed by atoms with Crippen molar-refractivity contribution in [3.05, 3.63) is 12.2 Å². The van der Waals surface area contributed by atoms with Crippen molar-refractivity contribution >= 4 is 0 Å². The fourth-order valence-electron chi connectivity index (χ4n) is 2.84. The highest BCUT2D eigenvalue weighted by molar-refractivity contribution is 4.99. The molecule has 94 valence electrons. The number of piperidine rings is 1. The van der Waals surface area contributed by atoms with Gasteiger partial charge in [-0.25, -0.2) is 0 Å². The first-order chi connectivity index (χ1) is 8.17. The van der Waals surface area contributed by atoms with Crippen molar-refractivity contribution in [3.8, 4) is 0 Å². The predicted molar refractivity (Wildman–Crippen MR) is 62.3 cm³/mol. The minimum absolute atomic E-state index is 0.168. The standard InChI is InChI=1S/C11H19N5O/c1-11(17)2-3-12-6-9(11)15-4-5-16-8-13-14-10(16)7-15/h8-9,12,17H,2-7H2,1H3. The van der Waals surface area contributed by atoms with Crippen LogP contribution in [0.5, 0.6) is 0 Å². The van der Waals surface area contributed by atoms with Crippen LogP contribution in [0.15, 0.2) is 6.33 Å². The van der Waals surface area contributed by atoms with Crippen LogP contribution in [-0.2, 0) is 13.1 Å². The number of hydrogen-bond acceptors (Lipinski definition) is 5. The summed E-state index contributed by atoms with van der Waals surface area (Å²) in [6.45, 7) is 6.33. The van der Waals surface area contributed by atoms with Gasteiger partial charge in [-0.2, -0.15) is 0 Å². The Labute approximate surface area is 101 Å². The van der Waals surface area contributed by atoms with Crippen LogP contribution >= 0.6 is 0 Å². The van der Waals surface area contributed by atoms with E-state index in [4.69, 9.17) is 0 Å². The van der Waals surface area contributed by atoms with E-state index in [9.17, 15) is 5.11 Å². The normalized spacial score (nSPS) is 34.6. The Balaban J connectivity index is 1.77. The first-order valence-electron chi connectivity index (χ1n) is 6.21. The van der Waals surface area contributed by atoms with Crippen molar-refractivity contribution in [2.75, 3.05) is 19.6 Å². The molecule has 0 aliphatic carbocycles. The van der Waals surface area contributed by atoms with Crippen molar-refractivity contribution in [3.63, 3.8) is 0 Å². The van der Waals surface area contributed by atoms with Gasteiger partial charge in [-0.1, -0.05) is 0 Å². The molecule has 2 aliphatic heterocycles. The summed E-state index contributed by atoms with van der Waals surface area (Å²) in [5.74, 6) is 0.998. The lowest BCUT2D eigenvalue weighted by Gasteiger charge is -2.45. The molecule has 1 saturated heterocycles. The van der Waals surface area contributed by atoms with Crippen LogP contribution < -0.4 is 5.32 Å². The van der Waals surface area contributed by atoms with Crippen LogP contribution in [0.3, 0.4) is 0 Å². The maximum atomic E-state index is 10.5. The van der Waals surface area contributed by atoms with E-state index in [-0.39, 0.29) is 6.04 Å². The minimum atomic E-state index is -0.604. The van der Waals surface area contributed by atoms with Gasteiger partial charge in [0.25, 0.3) is 0 Å². The Morgan fingerprint density at radius 2 is 2.41 bits per heavy atom. The Morgan fingerprint density at radius 1 is 1.53 bits per heavy atom. The van der Waals surface area contributed by atoms with Crippen LogP contribution in [0.1, 0.15) is 19.2 Å². The van der Waals surface area contributed by atoms with Crippen molar-refractivity contribution < 1.29 is 5.11 Å². The largest absolute Gasteiger partial charge is 0.388 e. The summed E-state index contributed by atoms with van der Waals surface area (Å²) < 4.78 is 2.08. The zero-order valence-electron chi connectivity index (χ0n) is 10.1. The van der Waals surface area contributed by atoms with Gasteiger partial charge in [0.1, 0.15) is 12.2 Å². The lowest BCUT2D eigenvalue weighted by molar-refractivity contribution is -0.0609. The molecule has 3 heterocycles. The van der Waals surface area contributed by atoms with E-state index >= 15 is 0 Å². The topological polar surface area (TPSA) is 66.2 Å². The smallest absolute Gasteiger partial charge is 0.147 e. The molecule has 1 fully saturated rings. The number of fused-ring (bicyclic) bond motifs is 1. The number of hydrogen-bond donors (Lipinski definition) is 2. The summed E-state index contributed by atoms with van der Waals surface area (Å²) in [7, 11) is 0. The highest BCUT2D eigenvalue weighted by Gasteiger charge is 2.39. The lowest BCUT2D eigenvalue weighted by atomic mass is 9.88. The number of rotatable bonds is 1. The monoisotopic (exact) mass is 237 g/mol. The van der Waals surface area contributed by atoms with Crippen LogP contribution in [0.2, 0.25) is 0 Å². The summed E-state index contributed by atoms with van der Waals surface area (Å²) in [5, 5.41) is 21.9. The third kappa shape index (κ3) is 1.96. The molecule has 2 aliphatic rings. The Bertz CT molecular complexity index is 402. The van der Waals surface area contributed by atoms with E-state index in [1.54, 1.807) is 6.33 Å². The van der Waals surface area contributed by atoms with Gasteiger partial charge in [0.15, 0.2) is 0 Å². The molecule has 6 heteroatoms. The molecular weight excluding hydrogens is 218 g/mol. The minimum Gasteiger partial charge on any atom is -0.388 e. The van der Waals surface area contributed by atoms with E-state index in [1.165, 1.54) is 0 Å². The molecular formula is C11H19N5O. The first kappa shape index (κ1) is 11.1. The highest BCUT2D eigenvalue weighted by atomic mass is 16.3. The van der Waals surface area contributed by atoms with Gasteiger partial charge in [-0.15, -0.1) is 10.2 Å².